The number of H-pyrrole nitrogens is 1. The SMILES string of the molecule is COc1ccc(N(Cc2cc3cccc(C)c3[nH]c2=O)C(=O)c2cc(OC)c(OC)c(OC)c2)cc1. The van der Waals surface area contributed by atoms with Gasteiger partial charge in [0.2, 0.25) is 5.75 Å². The van der Waals surface area contributed by atoms with Gasteiger partial charge in [-0.25, -0.2) is 0 Å². The number of methoxy groups -OCH3 is 4. The first kappa shape index (κ1) is 24.7. The number of hydrogen-bond acceptors (Lipinski definition) is 6. The number of anilines is 1. The average Bonchev–Trinajstić information content (AvgIpc) is 2.91. The van der Waals surface area contributed by atoms with E-state index in [4.69, 9.17) is 18.9 Å². The van der Waals surface area contributed by atoms with Crippen LogP contribution in [-0.4, -0.2) is 39.3 Å². The van der Waals surface area contributed by atoms with Crippen LogP contribution in [-0.2, 0) is 6.54 Å². The van der Waals surface area contributed by atoms with E-state index in [0.29, 0.717) is 39.8 Å². The fourth-order valence-corrected chi connectivity index (χ4v) is 4.12. The average molecular weight is 489 g/mol. The van der Waals surface area contributed by atoms with Crippen molar-refractivity contribution < 1.29 is 23.7 Å². The summed E-state index contributed by atoms with van der Waals surface area (Å²) < 4.78 is 21.5. The summed E-state index contributed by atoms with van der Waals surface area (Å²) in [4.78, 5) is 31.4. The zero-order valence-electron chi connectivity index (χ0n) is 20.9. The third-order valence-corrected chi connectivity index (χ3v) is 6.03. The van der Waals surface area contributed by atoms with Crippen molar-refractivity contribution >= 4 is 22.5 Å². The fraction of sp³-hybridized carbons (Fsp3) is 0.214. The molecule has 0 unspecified atom stereocenters. The number of nitrogens with zero attached hydrogens (tertiary/aromatic N) is 1. The zero-order chi connectivity index (χ0) is 25.8. The molecule has 0 fully saturated rings. The molecule has 1 N–H and O–H groups in total. The highest BCUT2D eigenvalue weighted by Gasteiger charge is 2.24. The Hall–Kier alpha value is -4.46. The van der Waals surface area contributed by atoms with Crippen molar-refractivity contribution in [2.24, 2.45) is 0 Å². The monoisotopic (exact) mass is 488 g/mol. The quantitative estimate of drug-likeness (QED) is 0.386. The molecule has 0 atom stereocenters. The van der Waals surface area contributed by atoms with Crippen molar-refractivity contribution in [2.45, 2.75) is 13.5 Å². The molecule has 0 saturated carbocycles. The number of nitrogens with one attached hydrogen (secondary N) is 1. The number of aromatic nitrogens is 1. The van der Waals surface area contributed by atoms with Gasteiger partial charge in [-0.3, -0.25) is 9.59 Å². The molecular formula is C28H28N2O6. The van der Waals surface area contributed by atoms with Crippen molar-refractivity contribution in [3.63, 3.8) is 0 Å². The first-order chi connectivity index (χ1) is 17.4. The highest BCUT2D eigenvalue weighted by molar-refractivity contribution is 6.07. The Balaban J connectivity index is 1.83. The molecule has 4 rings (SSSR count). The number of pyridine rings is 1. The molecule has 186 valence electrons. The first-order valence-corrected chi connectivity index (χ1v) is 11.3. The van der Waals surface area contributed by atoms with Gasteiger partial charge in [-0.1, -0.05) is 18.2 Å². The van der Waals surface area contributed by atoms with Crippen LogP contribution in [0.15, 0.2) is 65.5 Å². The van der Waals surface area contributed by atoms with Crippen LogP contribution in [0.3, 0.4) is 0 Å². The number of rotatable bonds is 8. The van der Waals surface area contributed by atoms with Gasteiger partial charge >= 0.3 is 0 Å². The van der Waals surface area contributed by atoms with E-state index in [0.717, 1.165) is 16.5 Å². The second-order valence-corrected chi connectivity index (χ2v) is 8.17. The topological polar surface area (TPSA) is 90.1 Å². The van der Waals surface area contributed by atoms with E-state index in [1.807, 2.05) is 31.2 Å². The molecule has 0 radical (unpaired) electrons. The van der Waals surface area contributed by atoms with Crippen LogP contribution >= 0.6 is 0 Å². The largest absolute Gasteiger partial charge is 0.497 e. The smallest absolute Gasteiger partial charge is 0.258 e. The number of benzene rings is 3. The number of aromatic amines is 1. The van der Waals surface area contributed by atoms with Crippen molar-refractivity contribution in [3.8, 4) is 23.0 Å². The maximum atomic E-state index is 13.9. The summed E-state index contributed by atoms with van der Waals surface area (Å²) in [5, 5.41) is 0.888. The van der Waals surface area contributed by atoms with Gasteiger partial charge in [-0.2, -0.15) is 0 Å². The molecule has 3 aromatic carbocycles. The van der Waals surface area contributed by atoms with Gasteiger partial charge in [0.15, 0.2) is 11.5 Å². The number of para-hydroxylation sites is 1. The summed E-state index contributed by atoms with van der Waals surface area (Å²) in [7, 11) is 6.05. The molecule has 4 aromatic rings. The third kappa shape index (κ3) is 4.70. The van der Waals surface area contributed by atoms with Crippen molar-refractivity contribution in [2.75, 3.05) is 33.3 Å². The number of amides is 1. The normalized spacial score (nSPS) is 10.7. The Morgan fingerprint density at radius 1 is 0.861 bits per heavy atom. The second-order valence-electron chi connectivity index (χ2n) is 8.17. The third-order valence-electron chi connectivity index (χ3n) is 6.03. The van der Waals surface area contributed by atoms with Crippen LogP contribution in [0, 0.1) is 6.92 Å². The van der Waals surface area contributed by atoms with Gasteiger partial charge < -0.3 is 28.8 Å². The molecule has 0 spiro atoms. The Morgan fingerprint density at radius 2 is 1.53 bits per heavy atom. The lowest BCUT2D eigenvalue weighted by molar-refractivity contribution is 0.0984. The second kappa shape index (κ2) is 10.4. The van der Waals surface area contributed by atoms with E-state index >= 15 is 0 Å². The van der Waals surface area contributed by atoms with Gasteiger partial charge in [-0.15, -0.1) is 0 Å². The highest BCUT2D eigenvalue weighted by atomic mass is 16.5. The summed E-state index contributed by atoms with van der Waals surface area (Å²) in [6.45, 7) is 1.98. The van der Waals surface area contributed by atoms with E-state index < -0.39 is 0 Å². The molecule has 8 nitrogen and oxygen atoms in total. The van der Waals surface area contributed by atoms with Gasteiger partial charge in [0, 0.05) is 16.8 Å². The Kier molecular flexibility index (Phi) is 7.15. The van der Waals surface area contributed by atoms with Crippen molar-refractivity contribution in [1.82, 2.24) is 4.98 Å². The molecule has 1 aromatic heterocycles. The first-order valence-electron chi connectivity index (χ1n) is 11.3. The molecule has 0 saturated heterocycles. The molecule has 1 amide bonds. The van der Waals surface area contributed by atoms with Gasteiger partial charge in [0.1, 0.15) is 5.75 Å². The number of carbonyl (C=O) groups excluding carboxylic acids is 1. The van der Waals surface area contributed by atoms with Crippen LogP contribution in [0.1, 0.15) is 21.5 Å². The number of carbonyl (C=O) groups is 1. The molecule has 0 bridgehead atoms. The van der Waals surface area contributed by atoms with Gasteiger partial charge in [0.05, 0.1) is 40.5 Å². The predicted molar refractivity (Wildman–Crippen MR) is 139 cm³/mol. The minimum atomic E-state index is -0.344. The van der Waals surface area contributed by atoms with Crippen molar-refractivity contribution in [3.05, 3.63) is 87.7 Å². The van der Waals surface area contributed by atoms with E-state index in [1.54, 1.807) is 43.5 Å². The van der Waals surface area contributed by atoms with E-state index in [2.05, 4.69) is 4.98 Å². The number of ether oxygens (including phenoxy) is 4. The van der Waals surface area contributed by atoms with E-state index in [-0.39, 0.29) is 18.0 Å². The summed E-state index contributed by atoms with van der Waals surface area (Å²) in [6.07, 6.45) is 0. The number of aryl methyl sites for hydroxylation is 1. The number of hydrogen-bond donors (Lipinski definition) is 1. The summed E-state index contributed by atoms with van der Waals surface area (Å²) in [5.74, 6) is 1.40. The number of fused-ring (bicyclic) bond motifs is 1. The Labute approximate surface area is 209 Å². The minimum Gasteiger partial charge on any atom is -0.497 e. The lowest BCUT2D eigenvalue weighted by atomic mass is 10.1. The molecule has 0 aliphatic carbocycles. The molecule has 0 aliphatic heterocycles. The van der Waals surface area contributed by atoms with Gasteiger partial charge in [-0.05, 0) is 60.3 Å². The van der Waals surface area contributed by atoms with Crippen molar-refractivity contribution in [1.29, 1.82) is 0 Å². The lowest BCUT2D eigenvalue weighted by Gasteiger charge is -2.24. The maximum Gasteiger partial charge on any atom is 0.258 e. The molecular weight excluding hydrogens is 460 g/mol. The molecule has 36 heavy (non-hydrogen) atoms. The predicted octanol–water partition coefficient (Wildman–Crippen LogP) is 4.72. The van der Waals surface area contributed by atoms with E-state index in [1.165, 1.54) is 26.2 Å². The van der Waals surface area contributed by atoms with Crippen LogP contribution in [0.5, 0.6) is 23.0 Å². The Bertz CT molecular complexity index is 1430. The zero-order valence-corrected chi connectivity index (χ0v) is 20.9. The lowest BCUT2D eigenvalue weighted by Crippen LogP contribution is -2.33. The molecule has 0 aliphatic rings. The summed E-state index contributed by atoms with van der Waals surface area (Å²) >= 11 is 0. The van der Waals surface area contributed by atoms with Crippen LogP contribution < -0.4 is 29.4 Å². The van der Waals surface area contributed by atoms with E-state index in [9.17, 15) is 9.59 Å². The standard InChI is InChI=1S/C28H28N2O6/c1-17-7-6-8-18-13-20(27(31)29-25(17)18)16-30(21-9-11-22(33-2)12-10-21)28(32)19-14-23(34-3)26(36-5)24(15-19)35-4/h6-15H,16H2,1-5H3,(H,29,31). The Morgan fingerprint density at radius 3 is 2.11 bits per heavy atom. The highest BCUT2D eigenvalue weighted by Crippen LogP contribution is 2.39. The van der Waals surface area contributed by atoms with Crippen LogP contribution in [0.2, 0.25) is 0 Å². The van der Waals surface area contributed by atoms with Crippen LogP contribution in [0.4, 0.5) is 5.69 Å². The summed E-state index contributed by atoms with van der Waals surface area (Å²) in [5.41, 5.74) is 2.85. The molecule has 8 heteroatoms. The van der Waals surface area contributed by atoms with Gasteiger partial charge in [0.25, 0.3) is 11.5 Å². The maximum absolute atomic E-state index is 13.9. The summed E-state index contributed by atoms with van der Waals surface area (Å²) in [6, 6.07) is 17.9. The minimum absolute atomic E-state index is 0.0427. The van der Waals surface area contributed by atoms with Crippen LogP contribution in [0.25, 0.3) is 10.9 Å². The molecule has 1 heterocycles. The fourth-order valence-electron chi connectivity index (χ4n) is 4.12.